The van der Waals surface area contributed by atoms with Crippen molar-refractivity contribution in [1.29, 1.82) is 0 Å². The maximum absolute atomic E-state index is 13.2. The quantitative estimate of drug-likeness (QED) is 0.644. The second-order valence-electron chi connectivity index (χ2n) is 8.34. The number of fused-ring (bicyclic) bond motifs is 1. The van der Waals surface area contributed by atoms with E-state index in [-0.39, 0.29) is 11.9 Å². The van der Waals surface area contributed by atoms with E-state index in [9.17, 15) is 4.79 Å². The first-order valence-corrected chi connectivity index (χ1v) is 11.1. The molecule has 1 atom stereocenters. The van der Waals surface area contributed by atoms with Crippen molar-refractivity contribution in [3.05, 3.63) is 83.1 Å². The normalized spacial score (nSPS) is 18.2. The molecule has 1 aromatic carbocycles. The van der Waals surface area contributed by atoms with E-state index in [1.807, 2.05) is 53.6 Å². The maximum atomic E-state index is 13.2. The number of aromatic nitrogens is 3. The average molecular weight is 414 g/mol. The molecule has 2 aliphatic rings. The molecule has 31 heavy (non-hydrogen) atoms. The van der Waals surface area contributed by atoms with E-state index in [0.717, 1.165) is 73.9 Å². The first kappa shape index (κ1) is 19.7. The lowest BCUT2D eigenvalue weighted by Crippen LogP contribution is -2.34. The van der Waals surface area contributed by atoms with Crippen molar-refractivity contribution in [2.45, 2.75) is 45.2 Å². The van der Waals surface area contributed by atoms with Crippen molar-refractivity contribution >= 4 is 11.7 Å². The van der Waals surface area contributed by atoms with Gasteiger partial charge in [0, 0.05) is 36.1 Å². The fourth-order valence-electron chi connectivity index (χ4n) is 4.72. The summed E-state index contributed by atoms with van der Waals surface area (Å²) in [4.78, 5) is 31.9. The fraction of sp³-hybridized carbons (Fsp3) is 0.360. The summed E-state index contributed by atoms with van der Waals surface area (Å²) in [6.45, 7) is 4.51. The third-order valence-corrected chi connectivity index (χ3v) is 6.28. The van der Waals surface area contributed by atoms with E-state index in [1.165, 1.54) is 5.56 Å². The standard InChI is InChI=1S/C25H27N5O/c1-18-21-12-7-15-29(17-20-11-5-6-14-26-20)24(21)28-23(27-18)22-13-8-16-30(22)25(31)19-9-3-2-4-10-19/h2-6,9-11,14,22H,7-8,12-13,15-17H2,1H3/t22-/m0/s1. The van der Waals surface area contributed by atoms with E-state index in [2.05, 4.69) is 22.9 Å². The smallest absolute Gasteiger partial charge is 0.254 e. The lowest BCUT2D eigenvalue weighted by atomic mass is 10.0. The molecule has 158 valence electrons. The number of likely N-dealkylation sites (tertiary alicyclic amines) is 1. The fourth-order valence-corrected chi connectivity index (χ4v) is 4.72. The Morgan fingerprint density at radius 2 is 1.87 bits per heavy atom. The minimum absolute atomic E-state index is 0.0624. The molecule has 3 aromatic rings. The number of nitrogens with zero attached hydrogens (tertiary/aromatic N) is 5. The van der Waals surface area contributed by atoms with E-state index in [4.69, 9.17) is 9.97 Å². The van der Waals surface area contributed by atoms with Crippen LogP contribution >= 0.6 is 0 Å². The molecule has 1 saturated heterocycles. The van der Waals surface area contributed by atoms with Crippen LogP contribution in [0.2, 0.25) is 0 Å². The Hall–Kier alpha value is -3.28. The van der Waals surface area contributed by atoms with Crippen LogP contribution in [0.4, 0.5) is 5.82 Å². The van der Waals surface area contributed by atoms with Crippen LogP contribution in [-0.2, 0) is 13.0 Å². The molecule has 1 amide bonds. The van der Waals surface area contributed by atoms with Crippen LogP contribution < -0.4 is 4.90 Å². The average Bonchev–Trinajstić information content (AvgIpc) is 3.30. The number of carbonyl (C=O) groups excluding carboxylic acids is 1. The van der Waals surface area contributed by atoms with E-state index in [0.29, 0.717) is 0 Å². The van der Waals surface area contributed by atoms with Crippen molar-refractivity contribution < 1.29 is 4.79 Å². The molecular weight excluding hydrogens is 386 g/mol. The summed E-state index contributed by atoms with van der Waals surface area (Å²) in [6, 6.07) is 15.5. The first-order valence-electron chi connectivity index (χ1n) is 11.1. The number of hydrogen-bond donors (Lipinski definition) is 0. The molecule has 0 radical (unpaired) electrons. The third-order valence-electron chi connectivity index (χ3n) is 6.28. The van der Waals surface area contributed by atoms with Gasteiger partial charge in [-0.15, -0.1) is 0 Å². The highest BCUT2D eigenvalue weighted by Crippen LogP contribution is 2.35. The molecular formula is C25H27N5O. The molecule has 6 heteroatoms. The second-order valence-corrected chi connectivity index (χ2v) is 8.34. The Morgan fingerprint density at radius 3 is 2.68 bits per heavy atom. The number of aryl methyl sites for hydroxylation is 1. The van der Waals surface area contributed by atoms with Gasteiger partial charge >= 0.3 is 0 Å². The second kappa shape index (κ2) is 8.46. The van der Waals surface area contributed by atoms with Crippen molar-refractivity contribution in [2.24, 2.45) is 0 Å². The monoisotopic (exact) mass is 413 g/mol. The Kier molecular flexibility index (Phi) is 5.37. The summed E-state index contributed by atoms with van der Waals surface area (Å²) in [5.74, 6) is 1.84. The van der Waals surface area contributed by atoms with Crippen molar-refractivity contribution in [3.63, 3.8) is 0 Å². The molecule has 1 fully saturated rings. The largest absolute Gasteiger partial charge is 0.350 e. The van der Waals surface area contributed by atoms with E-state index >= 15 is 0 Å². The highest BCUT2D eigenvalue weighted by molar-refractivity contribution is 5.94. The first-order chi connectivity index (χ1) is 15.2. The van der Waals surface area contributed by atoms with Crippen LogP contribution in [0.3, 0.4) is 0 Å². The number of benzene rings is 1. The molecule has 4 heterocycles. The zero-order chi connectivity index (χ0) is 21.2. The van der Waals surface area contributed by atoms with Gasteiger partial charge in [-0.25, -0.2) is 9.97 Å². The van der Waals surface area contributed by atoms with Gasteiger partial charge in [0.05, 0.1) is 18.3 Å². The molecule has 0 bridgehead atoms. The van der Waals surface area contributed by atoms with E-state index in [1.54, 1.807) is 0 Å². The zero-order valence-corrected chi connectivity index (χ0v) is 17.9. The SMILES string of the molecule is Cc1nc([C@@H]2CCCN2C(=O)c2ccccc2)nc2c1CCCN2Cc1ccccn1. The predicted octanol–water partition coefficient (Wildman–Crippen LogP) is 4.11. The molecule has 0 N–H and O–H groups in total. The van der Waals surface area contributed by atoms with Gasteiger partial charge in [0.2, 0.25) is 0 Å². The number of carbonyl (C=O) groups is 1. The molecule has 0 spiro atoms. The minimum Gasteiger partial charge on any atom is -0.350 e. The van der Waals surface area contributed by atoms with Crippen LogP contribution in [0.5, 0.6) is 0 Å². The van der Waals surface area contributed by atoms with Gasteiger partial charge in [0.1, 0.15) is 5.82 Å². The number of amides is 1. The lowest BCUT2D eigenvalue weighted by molar-refractivity contribution is 0.0729. The Morgan fingerprint density at radius 1 is 1.03 bits per heavy atom. The maximum Gasteiger partial charge on any atom is 0.254 e. The van der Waals surface area contributed by atoms with Gasteiger partial charge in [-0.2, -0.15) is 0 Å². The van der Waals surface area contributed by atoms with Crippen LogP contribution in [0.1, 0.15) is 58.4 Å². The summed E-state index contributed by atoms with van der Waals surface area (Å²) in [5, 5.41) is 0. The van der Waals surface area contributed by atoms with Crippen molar-refractivity contribution in [2.75, 3.05) is 18.0 Å². The van der Waals surface area contributed by atoms with Crippen molar-refractivity contribution in [3.8, 4) is 0 Å². The van der Waals surface area contributed by atoms with Gasteiger partial charge in [0.15, 0.2) is 5.82 Å². The number of hydrogen-bond acceptors (Lipinski definition) is 5. The van der Waals surface area contributed by atoms with Gasteiger partial charge in [-0.3, -0.25) is 9.78 Å². The van der Waals surface area contributed by atoms with Gasteiger partial charge in [0.25, 0.3) is 5.91 Å². The summed E-state index contributed by atoms with van der Waals surface area (Å²) in [5.41, 5.74) is 4.02. The molecule has 0 aliphatic carbocycles. The van der Waals surface area contributed by atoms with Gasteiger partial charge < -0.3 is 9.80 Å². The molecule has 0 saturated carbocycles. The van der Waals surface area contributed by atoms with E-state index < -0.39 is 0 Å². The lowest BCUT2D eigenvalue weighted by Gasteiger charge is -2.32. The van der Waals surface area contributed by atoms with Crippen LogP contribution in [0, 0.1) is 6.92 Å². The topological polar surface area (TPSA) is 62.2 Å². The van der Waals surface area contributed by atoms with Gasteiger partial charge in [-0.1, -0.05) is 24.3 Å². The summed E-state index contributed by atoms with van der Waals surface area (Å²) < 4.78 is 0. The van der Waals surface area contributed by atoms with Crippen LogP contribution in [-0.4, -0.2) is 38.8 Å². The highest BCUT2D eigenvalue weighted by Gasteiger charge is 2.34. The van der Waals surface area contributed by atoms with Crippen molar-refractivity contribution in [1.82, 2.24) is 19.9 Å². The third kappa shape index (κ3) is 3.90. The summed E-state index contributed by atoms with van der Waals surface area (Å²) >= 11 is 0. The molecule has 5 rings (SSSR count). The van der Waals surface area contributed by atoms with Gasteiger partial charge in [-0.05, 0) is 56.9 Å². The molecule has 0 unspecified atom stereocenters. The zero-order valence-electron chi connectivity index (χ0n) is 17.9. The van der Waals surface area contributed by atoms with Crippen LogP contribution in [0.15, 0.2) is 54.7 Å². The Balaban J connectivity index is 1.47. The molecule has 2 aromatic heterocycles. The number of anilines is 1. The van der Waals surface area contributed by atoms with Crippen LogP contribution in [0.25, 0.3) is 0 Å². The molecule has 2 aliphatic heterocycles. The Labute approximate surface area is 183 Å². The summed E-state index contributed by atoms with van der Waals surface area (Å²) in [6.07, 6.45) is 5.79. The Bertz CT molecular complexity index is 1070. The molecule has 6 nitrogen and oxygen atoms in total. The summed E-state index contributed by atoms with van der Waals surface area (Å²) in [7, 11) is 0. The number of rotatable bonds is 4. The minimum atomic E-state index is -0.0738. The predicted molar refractivity (Wildman–Crippen MR) is 120 cm³/mol. The highest BCUT2D eigenvalue weighted by atomic mass is 16.2. The number of pyridine rings is 1.